The monoisotopic (exact) mass is 521 g/mol. The number of Topliss-reactive ketones (excluding diaryl/α,β-unsaturated/α-hetero) is 2. The van der Waals surface area contributed by atoms with Crippen LogP contribution in [0.5, 0.6) is 0 Å². The number of carbonyl (C=O) groups excluding carboxylic acids is 2. The molecule has 0 radical (unpaired) electrons. The number of ketones is 2. The molecule has 2 N–H and O–H groups in total. The second kappa shape index (κ2) is 9.33. The van der Waals surface area contributed by atoms with Crippen LogP contribution in [0.1, 0.15) is 61.7 Å². The molecule has 12 heteroatoms. The van der Waals surface area contributed by atoms with E-state index >= 15 is 0 Å². The number of hydrogen-bond donors (Lipinski definition) is 2. The molecule has 0 aliphatic heterocycles. The fourth-order valence-electron chi connectivity index (χ4n) is 4.49. The zero-order chi connectivity index (χ0) is 25.6. The molecule has 37 heavy (non-hydrogen) atoms. The highest BCUT2D eigenvalue weighted by atomic mass is 32.2. The lowest BCUT2D eigenvalue weighted by atomic mass is 9.94. The molecule has 11 nitrogen and oxygen atoms in total. The average Bonchev–Trinajstić information content (AvgIpc) is 3.83. The van der Waals surface area contributed by atoms with E-state index in [1.807, 2.05) is 0 Å². The zero-order valence-corrected chi connectivity index (χ0v) is 20.9. The number of pyridine rings is 1. The Labute approximate surface area is 214 Å². The predicted molar refractivity (Wildman–Crippen MR) is 136 cm³/mol. The van der Waals surface area contributed by atoms with E-state index in [-0.39, 0.29) is 28.8 Å². The fraction of sp³-hybridized carbons (Fsp3) is 0.440. The first-order valence-electron chi connectivity index (χ1n) is 12.6. The second-order valence-electron chi connectivity index (χ2n) is 9.95. The van der Waals surface area contributed by atoms with E-state index in [4.69, 9.17) is 0 Å². The van der Waals surface area contributed by atoms with Crippen LogP contribution >= 0.6 is 0 Å². The lowest BCUT2D eigenvalue weighted by Crippen LogP contribution is -2.27. The van der Waals surface area contributed by atoms with Crippen LogP contribution < -0.4 is 10.6 Å². The van der Waals surface area contributed by atoms with Crippen molar-refractivity contribution in [2.24, 2.45) is 5.92 Å². The van der Waals surface area contributed by atoms with Gasteiger partial charge in [0.1, 0.15) is 17.4 Å². The highest BCUT2D eigenvalue weighted by molar-refractivity contribution is 7.90. The normalized spacial score (nSPS) is 18.5. The first kappa shape index (κ1) is 23.7. The Morgan fingerprint density at radius 3 is 2.51 bits per heavy atom. The van der Waals surface area contributed by atoms with Crippen molar-refractivity contribution in [2.45, 2.75) is 62.7 Å². The maximum Gasteiger partial charge on any atom is 0.256 e. The number of anilines is 3. The molecule has 3 aliphatic carbocycles. The van der Waals surface area contributed by atoms with E-state index in [9.17, 15) is 18.0 Å². The maximum atomic E-state index is 12.9. The summed E-state index contributed by atoms with van der Waals surface area (Å²) in [7, 11) is -3.47. The van der Waals surface area contributed by atoms with Crippen molar-refractivity contribution in [3.05, 3.63) is 42.5 Å². The summed E-state index contributed by atoms with van der Waals surface area (Å²) >= 11 is 0. The average molecular weight is 522 g/mol. The summed E-state index contributed by atoms with van der Waals surface area (Å²) in [6.07, 6.45) is 11.7. The molecule has 0 bridgehead atoms. The Morgan fingerprint density at radius 2 is 1.78 bits per heavy atom. The van der Waals surface area contributed by atoms with Crippen LogP contribution in [-0.4, -0.2) is 55.4 Å². The van der Waals surface area contributed by atoms with Gasteiger partial charge in [-0.05, 0) is 44.6 Å². The van der Waals surface area contributed by atoms with Crippen molar-refractivity contribution >= 4 is 38.9 Å². The van der Waals surface area contributed by atoms with E-state index in [1.165, 1.54) is 12.4 Å². The number of nitrogens with one attached hydrogen (secondary N) is 2. The number of rotatable bonds is 9. The standard InChI is InChI=1S/C25H27N7O4S/c33-18-5-3-17(4-6-18)29-21-11-23(27-13-20(21)24(34)15-1-2-15)30-22-9-10-26-25(31-22)16-12-28-32(14-16)37(35,36)19-7-8-19/h9-15,17,19H,1-8H2,(H2,26,27,29,30,31). The van der Waals surface area contributed by atoms with Crippen molar-refractivity contribution in [1.29, 1.82) is 0 Å². The van der Waals surface area contributed by atoms with Crippen molar-refractivity contribution in [1.82, 2.24) is 24.1 Å². The molecule has 0 saturated heterocycles. The Hall–Kier alpha value is -3.67. The zero-order valence-electron chi connectivity index (χ0n) is 20.1. The molecule has 3 heterocycles. The van der Waals surface area contributed by atoms with Gasteiger partial charge in [-0.1, -0.05) is 0 Å². The van der Waals surface area contributed by atoms with Crippen molar-refractivity contribution in [3.63, 3.8) is 0 Å². The van der Waals surface area contributed by atoms with Gasteiger partial charge in [-0.2, -0.15) is 9.19 Å². The summed E-state index contributed by atoms with van der Waals surface area (Å²) in [5.74, 6) is 1.72. The van der Waals surface area contributed by atoms with E-state index in [2.05, 4.69) is 30.7 Å². The van der Waals surface area contributed by atoms with Gasteiger partial charge in [0.05, 0.1) is 34.5 Å². The molecular formula is C25H27N7O4S. The van der Waals surface area contributed by atoms with Crippen LogP contribution in [0, 0.1) is 5.92 Å². The third kappa shape index (κ3) is 5.10. The molecular weight excluding hydrogens is 494 g/mol. The number of nitrogens with zero attached hydrogens (tertiary/aromatic N) is 5. The largest absolute Gasteiger partial charge is 0.382 e. The van der Waals surface area contributed by atoms with Gasteiger partial charge < -0.3 is 10.6 Å². The van der Waals surface area contributed by atoms with Crippen LogP contribution in [0.3, 0.4) is 0 Å². The SMILES string of the molecule is O=C1CCC(Nc2cc(Nc3ccnc(-c4cnn(S(=O)(=O)C5CC5)c4)n3)ncc2C(=O)C2CC2)CC1. The highest BCUT2D eigenvalue weighted by Crippen LogP contribution is 2.36. The number of aromatic nitrogens is 5. The van der Waals surface area contributed by atoms with Gasteiger partial charge in [0.25, 0.3) is 10.0 Å². The van der Waals surface area contributed by atoms with Crippen LogP contribution in [0.15, 0.2) is 36.9 Å². The van der Waals surface area contributed by atoms with Gasteiger partial charge in [-0.15, -0.1) is 0 Å². The Kier molecular flexibility index (Phi) is 5.98. The lowest BCUT2D eigenvalue weighted by molar-refractivity contribution is -0.120. The quantitative estimate of drug-likeness (QED) is 0.402. The first-order chi connectivity index (χ1) is 17.9. The van der Waals surface area contributed by atoms with Gasteiger partial charge in [0.2, 0.25) is 0 Å². The molecule has 192 valence electrons. The summed E-state index contributed by atoms with van der Waals surface area (Å²) in [6, 6.07) is 3.60. The smallest absolute Gasteiger partial charge is 0.256 e. The minimum Gasteiger partial charge on any atom is -0.382 e. The van der Waals surface area contributed by atoms with Crippen LogP contribution in [0.4, 0.5) is 17.3 Å². The van der Waals surface area contributed by atoms with Gasteiger partial charge in [0.15, 0.2) is 11.6 Å². The number of hydrogen-bond acceptors (Lipinski definition) is 10. The molecule has 3 aromatic rings. The topological polar surface area (TPSA) is 149 Å². The first-order valence-corrected chi connectivity index (χ1v) is 14.1. The molecule has 0 spiro atoms. The van der Waals surface area contributed by atoms with Gasteiger partial charge >= 0.3 is 0 Å². The molecule has 3 aliphatic rings. The lowest BCUT2D eigenvalue weighted by Gasteiger charge is -2.24. The third-order valence-corrected chi connectivity index (χ3v) is 8.99. The van der Waals surface area contributed by atoms with Gasteiger partial charge in [-0.25, -0.2) is 23.4 Å². The summed E-state index contributed by atoms with van der Waals surface area (Å²) in [4.78, 5) is 37.8. The van der Waals surface area contributed by atoms with Gasteiger partial charge in [0, 0.05) is 43.3 Å². The molecule has 3 saturated carbocycles. The van der Waals surface area contributed by atoms with Gasteiger partial charge in [-0.3, -0.25) is 9.59 Å². The molecule has 3 aromatic heterocycles. The molecule has 0 aromatic carbocycles. The summed E-state index contributed by atoms with van der Waals surface area (Å²) in [5, 5.41) is 10.3. The Bertz CT molecular complexity index is 1470. The molecule has 0 amide bonds. The fourth-order valence-corrected chi connectivity index (χ4v) is 5.96. The van der Waals surface area contributed by atoms with Crippen molar-refractivity contribution in [2.75, 3.05) is 10.6 Å². The van der Waals surface area contributed by atoms with Crippen molar-refractivity contribution in [3.8, 4) is 11.4 Å². The highest BCUT2D eigenvalue weighted by Gasteiger charge is 2.38. The van der Waals surface area contributed by atoms with Crippen LogP contribution in [0.2, 0.25) is 0 Å². The molecule has 3 fully saturated rings. The van der Waals surface area contributed by atoms with E-state index in [1.54, 1.807) is 24.5 Å². The van der Waals surface area contributed by atoms with E-state index < -0.39 is 10.0 Å². The van der Waals surface area contributed by atoms with Crippen molar-refractivity contribution < 1.29 is 18.0 Å². The van der Waals surface area contributed by atoms with E-state index in [0.29, 0.717) is 60.0 Å². The summed E-state index contributed by atoms with van der Waals surface area (Å²) in [5.41, 5.74) is 1.76. The Morgan fingerprint density at radius 1 is 1.00 bits per heavy atom. The predicted octanol–water partition coefficient (Wildman–Crippen LogP) is 3.34. The minimum absolute atomic E-state index is 0.0585. The van der Waals surface area contributed by atoms with E-state index in [0.717, 1.165) is 29.8 Å². The van der Waals surface area contributed by atoms with Crippen LogP contribution in [-0.2, 0) is 14.8 Å². The maximum absolute atomic E-state index is 12.9. The van der Waals surface area contributed by atoms with Crippen LogP contribution in [0.25, 0.3) is 11.4 Å². The third-order valence-electron chi connectivity index (χ3n) is 6.96. The molecule has 0 unspecified atom stereocenters. The molecule has 0 atom stereocenters. The minimum atomic E-state index is -3.47. The Balaban J connectivity index is 1.23. The second-order valence-corrected chi connectivity index (χ2v) is 12.0. The molecule has 6 rings (SSSR count). The summed E-state index contributed by atoms with van der Waals surface area (Å²) < 4.78 is 25.9. The number of carbonyl (C=O) groups is 2. The summed E-state index contributed by atoms with van der Waals surface area (Å²) in [6.45, 7) is 0.